The van der Waals surface area contributed by atoms with Crippen molar-refractivity contribution in [3.63, 3.8) is 0 Å². The highest BCUT2D eigenvalue weighted by atomic mass is 16.7. The van der Waals surface area contributed by atoms with E-state index < -0.39 is 66.2 Å². The van der Waals surface area contributed by atoms with Crippen LogP contribution in [0, 0.1) is 0 Å². The molecule has 5 rings (SSSR count). The van der Waals surface area contributed by atoms with E-state index in [-0.39, 0.29) is 35.2 Å². The number of methoxy groups -OCH3 is 1. The highest BCUT2D eigenvalue weighted by molar-refractivity contribution is 6.02. The zero-order chi connectivity index (χ0) is 29.4. The van der Waals surface area contributed by atoms with Gasteiger partial charge in [0, 0.05) is 20.8 Å². The fourth-order valence-electron chi connectivity index (χ4n) is 5.55. The fraction of sp³-hybridized carbons (Fsp3) is 0.393. The monoisotopic (exact) mass is 569 g/mol. The van der Waals surface area contributed by atoms with Crippen molar-refractivity contribution >= 4 is 29.8 Å². The van der Waals surface area contributed by atoms with Gasteiger partial charge in [-0.05, 0) is 23.8 Å². The molecule has 41 heavy (non-hydrogen) atoms. The van der Waals surface area contributed by atoms with Crippen molar-refractivity contribution in [3.05, 3.63) is 53.1 Å². The summed E-state index contributed by atoms with van der Waals surface area (Å²) in [5.74, 6) is -4.16. The van der Waals surface area contributed by atoms with Crippen LogP contribution in [0.25, 0.3) is 0 Å². The van der Waals surface area contributed by atoms with Gasteiger partial charge in [-0.25, -0.2) is 4.79 Å². The van der Waals surface area contributed by atoms with E-state index in [1.54, 1.807) is 18.2 Å². The van der Waals surface area contributed by atoms with Crippen molar-refractivity contribution in [2.24, 2.45) is 0 Å². The number of amides is 1. The van der Waals surface area contributed by atoms with Crippen molar-refractivity contribution in [3.8, 4) is 17.2 Å². The van der Waals surface area contributed by atoms with E-state index >= 15 is 0 Å². The molecule has 0 spiro atoms. The third-order valence-electron chi connectivity index (χ3n) is 6.97. The minimum absolute atomic E-state index is 0.0781. The molecule has 3 aliphatic rings. The van der Waals surface area contributed by atoms with E-state index in [2.05, 4.69) is 5.32 Å². The summed E-state index contributed by atoms with van der Waals surface area (Å²) in [6.45, 7) is 3.22. The summed E-state index contributed by atoms with van der Waals surface area (Å²) in [5.41, 5.74) is 0.566. The van der Waals surface area contributed by atoms with Crippen LogP contribution in [-0.4, -0.2) is 74.1 Å². The second-order valence-electron chi connectivity index (χ2n) is 9.59. The molecule has 13 nitrogen and oxygen atoms in total. The summed E-state index contributed by atoms with van der Waals surface area (Å²) < 4.78 is 39.4. The summed E-state index contributed by atoms with van der Waals surface area (Å²) in [5, 5.41) is 2.80. The second kappa shape index (κ2) is 11.0. The molecule has 2 aromatic rings. The lowest BCUT2D eigenvalue weighted by Gasteiger charge is -2.50. The number of nitrogens with one attached hydrogen (secondary N) is 1. The van der Waals surface area contributed by atoms with Gasteiger partial charge in [-0.2, -0.15) is 0 Å². The van der Waals surface area contributed by atoms with Crippen LogP contribution in [0.5, 0.6) is 17.2 Å². The second-order valence-corrected chi connectivity index (χ2v) is 9.59. The van der Waals surface area contributed by atoms with Crippen LogP contribution in [0.1, 0.15) is 53.0 Å². The fourth-order valence-corrected chi connectivity index (χ4v) is 5.55. The number of hydrogen-bond acceptors (Lipinski definition) is 12. The van der Waals surface area contributed by atoms with E-state index in [0.29, 0.717) is 5.56 Å². The number of carbonyl (C=O) groups excluding carboxylic acids is 5. The molecule has 0 saturated heterocycles. The van der Waals surface area contributed by atoms with Crippen molar-refractivity contribution in [1.29, 1.82) is 0 Å². The minimum atomic E-state index is -1.45. The van der Waals surface area contributed by atoms with Gasteiger partial charge in [0.15, 0.2) is 35.9 Å². The Morgan fingerprint density at radius 2 is 1.39 bits per heavy atom. The van der Waals surface area contributed by atoms with Crippen LogP contribution < -0.4 is 19.5 Å². The average molecular weight is 570 g/mol. The SMILES string of the molecule is COc1cc2c(c3c1OCO3)C(=O)N[C@H]1[C@H](OC(C)=O)[C@H](OC(C)=O)[C@@H](OC(C)=O)[C@H](OC(=O)c3ccccc3)[C@H]21. The largest absolute Gasteiger partial charge is 0.493 e. The van der Waals surface area contributed by atoms with Gasteiger partial charge in [-0.15, -0.1) is 0 Å². The highest BCUT2D eigenvalue weighted by Crippen LogP contribution is 2.52. The number of esters is 4. The van der Waals surface area contributed by atoms with E-state index in [0.717, 1.165) is 20.8 Å². The first kappa shape index (κ1) is 27.7. The van der Waals surface area contributed by atoms with Crippen molar-refractivity contribution < 1.29 is 57.1 Å². The lowest BCUT2D eigenvalue weighted by molar-refractivity contribution is -0.211. The standard InChI is InChI=1S/C28H27NO12/c1-12(30)38-24-20-18(16-10-17(35-4)21-22(37-11-36-21)19(16)27(33)29-20)23(41-28(34)15-8-6-5-7-9-15)25(39-13(2)31)26(24)40-14(3)32/h5-10,18,20,23-26H,11H2,1-4H3,(H,29,33)/t18-,20-,23-,24+,25+,26+/m1/s1. The van der Waals surface area contributed by atoms with Crippen LogP contribution >= 0.6 is 0 Å². The molecule has 0 aromatic heterocycles. The Hall–Kier alpha value is -4.81. The summed E-state index contributed by atoms with van der Waals surface area (Å²) in [6, 6.07) is 8.50. The molecule has 1 amide bonds. The van der Waals surface area contributed by atoms with Gasteiger partial charge in [0.2, 0.25) is 12.5 Å². The van der Waals surface area contributed by atoms with Crippen molar-refractivity contribution in [2.45, 2.75) is 57.1 Å². The maximum atomic E-state index is 13.5. The summed E-state index contributed by atoms with van der Waals surface area (Å²) in [7, 11) is 1.40. The molecule has 2 aromatic carbocycles. The highest BCUT2D eigenvalue weighted by Gasteiger charge is 2.61. The van der Waals surface area contributed by atoms with Crippen LogP contribution in [0.4, 0.5) is 0 Å². The Bertz CT molecular complexity index is 1410. The first-order valence-corrected chi connectivity index (χ1v) is 12.7. The normalized spacial score (nSPS) is 25.5. The molecule has 1 saturated carbocycles. The van der Waals surface area contributed by atoms with Crippen LogP contribution in [-0.2, 0) is 33.3 Å². The summed E-state index contributed by atoms with van der Waals surface area (Å²) in [4.78, 5) is 63.7. The van der Waals surface area contributed by atoms with E-state index in [4.69, 9.17) is 33.2 Å². The third kappa shape index (κ3) is 5.10. The van der Waals surface area contributed by atoms with Gasteiger partial charge < -0.3 is 38.5 Å². The van der Waals surface area contributed by atoms with Crippen LogP contribution in [0.3, 0.4) is 0 Å². The zero-order valence-corrected chi connectivity index (χ0v) is 22.5. The topological polar surface area (TPSA) is 162 Å². The Morgan fingerprint density at radius 3 is 2.00 bits per heavy atom. The number of hydrogen-bond donors (Lipinski definition) is 1. The predicted octanol–water partition coefficient (Wildman–Crippen LogP) is 1.65. The van der Waals surface area contributed by atoms with Gasteiger partial charge in [0.05, 0.1) is 30.2 Å². The molecule has 1 N–H and O–H groups in total. The van der Waals surface area contributed by atoms with Crippen molar-refractivity contribution in [2.75, 3.05) is 13.9 Å². The molecule has 0 bridgehead atoms. The first-order valence-electron chi connectivity index (χ1n) is 12.7. The van der Waals surface area contributed by atoms with E-state index in [9.17, 15) is 24.0 Å². The average Bonchev–Trinajstić information content (AvgIpc) is 3.41. The van der Waals surface area contributed by atoms with E-state index in [1.165, 1.54) is 25.3 Å². The minimum Gasteiger partial charge on any atom is -0.493 e. The molecule has 2 heterocycles. The molecular weight excluding hydrogens is 542 g/mol. The number of ether oxygens (including phenoxy) is 7. The Kier molecular flexibility index (Phi) is 7.43. The number of fused-ring (bicyclic) bond motifs is 5. The molecular formula is C28H27NO12. The summed E-state index contributed by atoms with van der Waals surface area (Å²) >= 11 is 0. The molecule has 0 unspecified atom stereocenters. The molecule has 0 radical (unpaired) electrons. The molecule has 6 atom stereocenters. The predicted molar refractivity (Wildman–Crippen MR) is 135 cm³/mol. The number of rotatable bonds is 6. The molecule has 2 aliphatic heterocycles. The number of benzene rings is 2. The van der Waals surface area contributed by atoms with Gasteiger partial charge >= 0.3 is 23.9 Å². The van der Waals surface area contributed by atoms with Gasteiger partial charge in [0.1, 0.15) is 0 Å². The maximum Gasteiger partial charge on any atom is 0.338 e. The molecule has 216 valence electrons. The van der Waals surface area contributed by atoms with Gasteiger partial charge in [-0.3, -0.25) is 19.2 Å². The van der Waals surface area contributed by atoms with E-state index in [1.807, 2.05) is 0 Å². The maximum absolute atomic E-state index is 13.5. The third-order valence-corrected chi connectivity index (χ3v) is 6.97. The van der Waals surface area contributed by atoms with Crippen molar-refractivity contribution in [1.82, 2.24) is 5.32 Å². The van der Waals surface area contributed by atoms with Gasteiger partial charge in [0.25, 0.3) is 5.91 Å². The van der Waals surface area contributed by atoms with Crippen LogP contribution in [0.2, 0.25) is 0 Å². The first-order chi connectivity index (χ1) is 19.6. The Labute approximate surface area is 233 Å². The lowest BCUT2D eigenvalue weighted by Crippen LogP contribution is -2.69. The van der Waals surface area contributed by atoms with Gasteiger partial charge in [-0.1, -0.05) is 18.2 Å². The molecule has 13 heteroatoms. The zero-order valence-electron chi connectivity index (χ0n) is 22.5. The smallest absolute Gasteiger partial charge is 0.338 e. The molecule has 1 aliphatic carbocycles. The Morgan fingerprint density at radius 1 is 0.805 bits per heavy atom. The quantitative estimate of drug-likeness (QED) is 0.396. The summed E-state index contributed by atoms with van der Waals surface area (Å²) in [6.07, 6.45) is -5.59. The number of carbonyl (C=O) groups is 5. The van der Waals surface area contributed by atoms with Crippen LogP contribution in [0.15, 0.2) is 36.4 Å². The lowest BCUT2D eigenvalue weighted by atomic mass is 9.69. The molecule has 1 fully saturated rings. The Balaban J connectivity index is 1.73.